The standard InChI is InChI=1S/C16H25NO2/c1-4-6-13(5-2)9-10-17-12-14-7-8-16(19-3)15(18)11-14/h4,7-8,11,13,17-18H,1,5-6,9-10,12H2,2-3H3. The highest BCUT2D eigenvalue weighted by atomic mass is 16.5. The van der Waals surface area contributed by atoms with Crippen molar-refractivity contribution < 1.29 is 9.84 Å². The first kappa shape index (κ1) is 15.6. The lowest BCUT2D eigenvalue weighted by Gasteiger charge is -2.13. The normalized spacial score (nSPS) is 12.1. The van der Waals surface area contributed by atoms with E-state index in [-0.39, 0.29) is 5.75 Å². The minimum Gasteiger partial charge on any atom is -0.504 e. The van der Waals surface area contributed by atoms with Gasteiger partial charge in [-0.3, -0.25) is 0 Å². The second kappa shape index (κ2) is 8.59. The minimum absolute atomic E-state index is 0.194. The average molecular weight is 263 g/mol. The van der Waals surface area contributed by atoms with Crippen molar-refractivity contribution in [2.45, 2.75) is 32.7 Å². The van der Waals surface area contributed by atoms with Gasteiger partial charge in [-0.05, 0) is 43.0 Å². The molecule has 1 aromatic rings. The van der Waals surface area contributed by atoms with Crippen molar-refractivity contribution in [3.8, 4) is 11.5 Å². The van der Waals surface area contributed by atoms with E-state index in [1.807, 2.05) is 12.1 Å². The number of hydrogen-bond donors (Lipinski definition) is 2. The monoisotopic (exact) mass is 263 g/mol. The fourth-order valence-corrected chi connectivity index (χ4v) is 2.11. The van der Waals surface area contributed by atoms with E-state index in [1.54, 1.807) is 19.2 Å². The van der Waals surface area contributed by atoms with Crippen LogP contribution in [-0.2, 0) is 6.54 Å². The second-order valence-corrected chi connectivity index (χ2v) is 4.77. The van der Waals surface area contributed by atoms with Gasteiger partial charge in [-0.1, -0.05) is 25.5 Å². The lowest BCUT2D eigenvalue weighted by Crippen LogP contribution is -2.17. The summed E-state index contributed by atoms with van der Waals surface area (Å²) in [6.07, 6.45) is 5.43. The first-order chi connectivity index (χ1) is 9.21. The summed E-state index contributed by atoms with van der Waals surface area (Å²) in [4.78, 5) is 0. The summed E-state index contributed by atoms with van der Waals surface area (Å²) in [5, 5.41) is 13.1. The molecular formula is C16H25NO2. The van der Waals surface area contributed by atoms with E-state index in [4.69, 9.17) is 4.74 Å². The van der Waals surface area contributed by atoms with Crippen LogP contribution in [0.25, 0.3) is 0 Å². The molecule has 0 radical (unpaired) electrons. The number of hydrogen-bond acceptors (Lipinski definition) is 3. The Morgan fingerprint density at radius 1 is 1.47 bits per heavy atom. The molecule has 1 unspecified atom stereocenters. The molecule has 0 fully saturated rings. The van der Waals surface area contributed by atoms with Gasteiger partial charge in [-0.2, -0.15) is 0 Å². The predicted octanol–water partition coefficient (Wildman–Crippen LogP) is 3.48. The Morgan fingerprint density at radius 3 is 2.84 bits per heavy atom. The SMILES string of the molecule is C=CCC(CC)CCNCc1ccc(OC)c(O)c1. The highest BCUT2D eigenvalue weighted by molar-refractivity contribution is 5.41. The minimum atomic E-state index is 0.194. The maximum absolute atomic E-state index is 9.68. The predicted molar refractivity (Wildman–Crippen MR) is 79.6 cm³/mol. The van der Waals surface area contributed by atoms with E-state index in [0.29, 0.717) is 11.7 Å². The van der Waals surface area contributed by atoms with Gasteiger partial charge in [0.15, 0.2) is 11.5 Å². The zero-order valence-corrected chi connectivity index (χ0v) is 12.0. The fraction of sp³-hybridized carbons (Fsp3) is 0.500. The molecule has 1 atom stereocenters. The molecule has 0 heterocycles. The van der Waals surface area contributed by atoms with Crippen LogP contribution in [0.3, 0.4) is 0 Å². The Hall–Kier alpha value is -1.48. The molecule has 0 bridgehead atoms. The summed E-state index contributed by atoms with van der Waals surface area (Å²) in [7, 11) is 1.55. The van der Waals surface area contributed by atoms with Gasteiger partial charge in [0, 0.05) is 6.54 Å². The van der Waals surface area contributed by atoms with Crippen LogP contribution in [0.4, 0.5) is 0 Å². The summed E-state index contributed by atoms with van der Waals surface area (Å²) in [6.45, 7) is 7.76. The van der Waals surface area contributed by atoms with Crippen molar-refractivity contribution in [2.24, 2.45) is 5.92 Å². The molecule has 0 aromatic heterocycles. The number of allylic oxidation sites excluding steroid dienone is 1. The smallest absolute Gasteiger partial charge is 0.160 e. The van der Waals surface area contributed by atoms with E-state index in [2.05, 4.69) is 18.8 Å². The Balaban J connectivity index is 2.33. The molecule has 0 saturated carbocycles. The van der Waals surface area contributed by atoms with E-state index in [1.165, 1.54) is 6.42 Å². The van der Waals surface area contributed by atoms with Crippen molar-refractivity contribution in [1.82, 2.24) is 5.32 Å². The van der Waals surface area contributed by atoms with Gasteiger partial charge < -0.3 is 15.2 Å². The van der Waals surface area contributed by atoms with Gasteiger partial charge in [-0.15, -0.1) is 6.58 Å². The molecule has 19 heavy (non-hydrogen) atoms. The number of phenolic OH excluding ortho intramolecular Hbond substituents is 1. The van der Waals surface area contributed by atoms with Crippen molar-refractivity contribution in [1.29, 1.82) is 0 Å². The summed E-state index contributed by atoms with van der Waals surface area (Å²) >= 11 is 0. The lowest BCUT2D eigenvalue weighted by atomic mass is 9.98. The van der Waals surface area contributed by atoms with E-state index in [9.17, 15) is 5.11 Å². The van der Waals surface area contributed by atoms with Crippen LogP contribution in [0.15, 0.2) is 30.9 Å². The third kappa shape index (κ3) is 5.35. The van der Waals surface area contributed by atoms with Crippen LogP contribution in [0.2, 0.25) is 0 Å². The molecule has 3 nitrogen and oxygen atoms in total. The zero-order valence-electron chi connectivity index (χ0n) is 12.0. The summed E-state index contributed by atoms with van der Waals surface area (Å²) in [5.74, 6) is 1.43. The first-order valence-electron chi connectivity index (χ1n) is 6.88. The van der Waals surface area contributed by atoms with Crippen LogP contribution in [0, 0.1) is 5.92 Å². The van der Waals surface area contributed by atoms with Gasteiger partial charge in [0.25, 0.3) is 0 Å². The van der Waals surface area contributed by atoms with Crippen LogP contribution in [0.1, 0.15) is 31.7 Å². The van der Waals surface area contributed by atoms with Crippen molar-refractivity contribution in [3.63, 3.8) is 0 Å². The fourth-order valence-electron chi connectivity index (χ4n) is 2.11. The molecular weight excluding hydrogens is 238 g/mol. The number of ether oxygens (including phenoxy) is 1. The van der Waals surface area contributed by atoms with E-state index in [0.717, 1.165) is 31.5 Å². The molecule has 0 aliphatic heterocycles. The van der Waals surface area contributed by atoms with Crippen LogP contribution < -0.4 is 10.1 Å². The third-order valence-electron chi connectivity index (χ3n) is 3.38. The molecule has 0 saturated heterocycles. The molecule has 2 N–H and O–H groups in total. The van der Waals surface area contributed by atoms with Crippen molar-refractivity contribution in [2.75, 3.05) is 13.7 Å². The second-order valence-electron chi connectivity index (χ2n) is 4.77. The highest BCUT2D eigenvalue weighted by Crippen LogP contribution is 2.26. The highest BCUT2D eigenvalue weighted by Gasteiger charge is 2.04. The van der Waals surface area contributed by atoms with Crippen LogP contribution >= 0.6 is 0 Å². The van der Waals surface area contributed by atoms with Gasteiger partial charge in [-0.25, -0.2) is 0 Å². The van der Waals surface area contributed by atoms with Crippen molar-refractivity contribution >= 4 is 0 Å². The number of nitrogens with one attached hydrogen (secondary N) is 1. The molecule has 1 aromatic carbocycles. The van der Waals surface area contributed by atoms with Gasteiger partial charge in [0.2, 0.25) is 0 Å². The largest absolute Gasteiger partial charge is 0.504 e. The number of phenols is 1. The Morgan fingerprint density at radius 2 is 2.26 bits per heavy atom. The molecule has 106 valence electrons. The third-order valence-corrected chi connectivity index (χ3v) is 3.38. The number of aromatic hydroxyl groups is 1. The number of methoxy groups -OCH3 is 1. The molecule has 3 heteroatoms. The zero-order chi connectivity index (χ0) is 14.1. The van der Waals surface area contributed by atoms with Crippen LogP contribution in [-0.4, -0.2) is 18.8 Å². The number of benzene rings is 1. The Labute approximate surface area is 116 Å². The molecule has 0 spiro atoms. The van der Waals surface area contributed by atoms with Gasteiger partial charge >= 0.3 is 0 Å². The quantitative estimate of drug-likeness (QED) is 0.529. The Bertz CT molecular complexity index is 390. The van der Waals surface area contributed by atoms with E-state index < -0.39 is 0 Å². The molecule has 1 rings (SSSR count). The van der Waals surface area contributed by atoms with Crippen LogP contribution in [0.5, 0.6) is 11.5 Å². The maximum atomic E-state index is 9.68. The summed E-state index contributed by atoms with van der Waals surface area (Å²) in [5.41, 5.74) is 1.06. The van der Waals surface area contributed by atoms with Gasteiger partial charge in [0.05, 0.1) is 7.11 Å². The van der Waals surface area contributed by atoms with Crippen molar-refractivity contribution in [3.05, 3.63) is 36.4 Å². The average Bonchev–Trinajstić information content (AvgIpc) is 2.42. The van der Waals surface area contributed by atoms with E-state index >= 15 is 0 Å². The topological polar surface area (TPSA) is 41.5 Å². The number of rotatable bonds is 9. The molecule has 0 aliphatic rings. The molecule has 0 aliphatic carbocycles. The summed E-state index contributed by atoms with van der Waals surface area (Å²) in [6, 6.07) is 5.50. The Kier molecular flexibility index (Phi) is 7.04. The van der Waals surface area contributed by atoms with Gasteiger partial charge in [0.1, 0.15) is 0 Å². The summed E-state index contributed by atoms with van der Waals surface area (Å²) < 4.78 is 5.02. The maximum Gasteiger partial charge on any atom is 0.160 e. The molecule has 0 amide bonds. The first-order valence-corrected chi connectivity index (χ1v) is 6.88. The lowest BCUT2D eigenvalue weighted by molar-refractivity contribution is 0.373.